The van der Waals surface area contributed by atoms with Gasteiger partial charge in [-0.1, -0.05) is 23.2 Å². The number of nitrogens with one attached hydrogen (secondary N) is 1. The molecule has 0 bridgehead atoms. The Kier molecular flexibility index (Phi) is 7.57. The topological polar surface area (TPSA) is 49.4 Å². The molecule has 0 aliphatic carbocycles. The molecule has 19 heavy (non-hydrogen) atoms. The molecule has 1 rings (SSSR count). The number of likely N-dealkylation sites (N-methyl/N-ethyl adjacent to an activating group) is 2. The lowest BCUT2D eigenvalue weighted by Gasteiger charge is -2.18. The molecule has 0 spiro atoms. The first-order valence-electron chi connectivity index (χ1n) is 5.06. The highest BCUT2D eigenvalue weighted by Crippen LogP contribution is 2.30. The van der Waals surface area contributed by atoms with E-state index in [0.29, 0.717) is 6.54 Å². The van der Waals surface area contributed by atoms with Crippen molar-refractivity contribution >= 4 is 45.6 Å². The largest absolute Gasteiger partial charge is 0.318 e. The van der Waals surface area contributed by atoms with Gasteiger partial charge in [-0.3, -0.25) is 0 Å². The number of hydrogen-bond donors (Lipinski definition) is 1. The molecule has 0 aromatic heterocycles. The van der Waals surface area contributed by atoms with Gasteiger partial charge in [-0.25, -0.2) is 12.8 Å². The van der Waals surface area contributed by atoms with Crippen LogP contribution in [0.3, 0.4) is 0 Å². The maximum absolute atomic E-state index is 13.5. The second-order valence-electron chi connectivity index (χ2n) is 3.60. The van der Waals surface area contributed by atoms with Gasteiger partial charge in [-0.2, -0.15) is 4.31 Å². The molecule has 9 heteroatoms. The van der Waals surface area contributed by atoms with E-state index >= 15 is 0 Å². The smallest absolute Gasteiger partial charge is 0.244 e. The predicted octanol–water partition coefficient (Wildman–Crippen LogP) is 2.39. The van der Waals surface area contributed by atoms with Crippen molar-refractivity contribution in [2.24, 2.45) is 0 Å². The Morgan fingerprint density at radius 2 is 1.95 bits per heavy atom. The average Bonchev–Trinajstić information content (AvgIpc) is 2.32. The molecule has 1 aromatic rings. The summed E-state index contributed by atoms with van der Waals surface area (Å²) in [6.45, 7) is 0.725. The maximum Gasteiger partial charge on any atom is 0.244 e. The summed E-state index contributed by atoms with van der Waals surface area (Å²) in [5, 5.41) is 2.12. The Balaban J connectivity index is 0.00000324. The Morgan fingerprint density at radius 1 is 1.37 bits per heavy atom. The van der Waals surface area contributed by atoms with Crippen LogP contribution in [0.15, 0.2) is 17.0 Å². The number of rotatable bonds is 5. The van der Waals surface area contributed by atoms with Gasteiger partial charge < -0.3 is 5.32 Å². The molecule has 0 radical (unpaired) electrons. The molecule has 1 N–H and O–H groups in total. The molecule has 1 aromatic carbocycles. The van der Waals surface area contributed by atoms with E-state index in [2.05, 4.69) is 5.32 Å². The second kappa shape index (κ2) is 7.61. The van der Waals surface area contributed by atoms with Crippen LogP contribution in [0.4, 0.5) is 4.39 Å². The van der Waals surface area contributed by atoms with Crippen molar-refractivity contribution in [3.05, 3.63) is 28.0 Å². The van der Waals surface area contributed by atoms with Gasteiger partial charge in [0.25, 0.3) is 0 Å². The van der Waals surface area contributed by atoms with Crippen LogP contribution in [0.2, 0.25) is 10.0 Å². The van der Waals surface area contributed by atoms with Crippen molar-refractivity contribution in [2.75, 3.05) is 27.2 Å². The summed E-state index contributed by atoms with van der Waals surface area (Å²) in [6.07, 6.45) is 0. The number of benzene rings is 1. The molecule has 0 unspecified atom stereocenters. The Morgan fingerprint density at radius 3 is 2.47 bits per heavy atom. The zero-order valence-electron chi connectivity index (χ0n) is 10.3. The van der Waals surface area contributed by atoms with Gasteiger partial charge in [-0.05, 0) is 19.2 Å². The number of sulfonamides is 1. The zero-order chi connectivity index (χ0) is 13.9. The van der Waals surface area contributed by atoms with Crippen LogP contribution >= 0.6 is 35.6 Å². The highest BCUT2D eigenvalue weighted by Gasteiger charge is 2.25. The molecule has 0 aliphatic heterocycles. The third-order valence-electron chi connectivity index (χ3n) is 2.36. The second-order valence-corrected chi connectivity index (χ2v) is 6.40. The van der Waals surface area contributed by atoms with Crippen LogP contribution in [0.25, 0.3) is 0 Å². The van der Waals surface area contributed by atoms with Gasteiger partial charge >= 0.3 is 0 Å². The number of halogens is 4. The molecule has 0 heterocycles. The summed E-state index contributed by atoms with van der Waals surface area (Å²) in [7, 11) is -0.716. The standard InChI is InChI=1S/C10H13Cl2FN2O2S.ClH/c1-14-5-6-15(2)18(16,17)8-4-3-7(11)10(13)9(8)12;/h3-4,14H,5-6H2,1-2H3;1H. The molecular formula is C10H14Cl3FN2O2S. The SMILES string of the molecule is CNCCN(C)S(=O)(=O)c1ccc(Cl)c(F)c1Cl.Cl. The summed E-state index contributed by atoms with van der Waals surface area (Å²) in [5.74, 6) is -0.929. The molecule has 0 saturated heterocycles. The highest BCUT2D eigenvalue weighted by molar-refractivity contribution is 7.89. The molecule has 0 atom stereocenters. The Hall–Kier alpha value is -0.110. The number of hydrogen-bond acceptors (Lipinski definition) is 3. The first-order valence-corrected chi connectivity index (χ1v) is 7.26. The van der Waals surface area contributed by atoms with Crippen molar-refractivity contribution in [3.63, 3.8) is 0 Å². The van der Waals surface area contributed by atoms with Crippen LogP contribution in [0.5, 0.6) is 0 Å². The third kappa shape index (κ3) is 4.18. The van der Waals surface area contributed by atoms with E-state index in [1.54, 1.807) is 7.05 Å². The van der Waals surface area contributed by atoms with Gasteiger partial charge in [0.1, 0.15) is 4.90 Å². The molecule has 4 nitrogen and oxygen atoms in total. The van der Waals surface area contributed by atoms with Gasteiger partial charge in [0.2, 0.25) is 10.0 Å². The van der Waals surface area contributed by atoms with Crippen molar-refractivity contribution < 1.29 is 12.8 Å². The lowest BCUT2D eigenvalue weighted by atomic mass is 10.3. The molecule has 110 valence electrons. The van der Waals surface area contributed by atoms with E-state index in [-0.39, 0.29) is 28.9 Å². The first-order chi connectivity index (χ1) is 8.32. The monoisotopic (exact) mass is 350 g/mol. The van der Waals surface area contributed by atoms with Crippen LogP contribution in [0, 0.1) is 5.82 Å². The third-order valence-corrected chi connectivity index (χ3v) is 5.04. The van der Waals surface area contributed by atoms with E-state index in [0.717, 1.165) is 4.31 Å². The first kappa shape index (κ1) is 18.9. The Bertz CT molecular complexity index is 540. The molecular weight excluding hydrogens is 338 g/mol. The van der Waals surface area contributed by atoms with E-state index < -0.39 is 20.9 Å². The molecule has 0 amide bonds. The summed E-state index contributed by atoms with van der Waals surface area (Å²) < 4.78 is 38.8. The van der Waals surface area contributed by atoms with Crippen molar-refractivity contribution in [1.82, 2.24) is 9.62 Å². The zero-order valence-corrected chi connectivity index (χ0v) is 13.4. The fraction of sp³-hybridized carbons (Fsp3) is 0.400. The molecule has 0 aliphatic rings. The molecule has 0 saturated carbocycles. The van der Waals surface area contributed by atoms with Crippen LogP contribution in [0.1, 0.15) is 0 Å². The van der Waals surface area contributed by atoms with Gasteiger partial charge in [0, 0.05) is 20.1 Å². The minimum Gasteiger partial charge on any atom is -0.318 e. The minimum absolute atomic E-state index is 0. The quantitative estimate of drug-likeness (QED) is 0.829. The van der Waals surface area contributed by atoms with Crippen LogP contribution in [-0.4, -0.2) is 39.9 Å². The summed E-state index contributed by atoms with van der Waals surface area (Å²) in [6, 6.07) is 2.36. The predicted molar refractivity (Wildman–Crippen MR) is 77.4 cm³/mol. The van der Waals surface area contributed by atoms with Crippen molar-refractivity contribution in [3.8, 4) is 0 Å². The van der Waals surface area contributed by atoms with E-state index in [9.17, 15) is 12.8 Å². The molecule has 0 fully saturated rings. The van der Waals surface area contributed by atoms with Crippen molar-refractivity contribution in [1.29, 1.82) is 0 Å². The normalized spacial score (nSPS) is 11.5. The van der Waals surface area contributed by atoms with E-state index in [4.69, 9.17) is 23.2 Å². The number of nitrogens with zero attached hydrogens (tertiary/aromatic N) is 1. The minimum atomic E-state index is -3.82. The van der Waals surface area contributed by atoms with Gasteiger partial charge in [0.15, 0.2) is 5.82 Å². The highest BCUT2D eigenvalue weighted by atomic mass is 35.5. The Labute approximate surface area is 128 Å². The fourth-order valence-electron chi connectivity index (χ4n) is 1.26. The summed E-state index contributed by atoms with van der Waals surface area (Å²) in [5.41, 5.74) is 0. The van der Waals surface area contributed by atoms with Crippen LogP contribution in [-0.2, 0) is 10.0 Å². The summed E-state index contributed by atoms with van der Waals surface area (Å²) in [4.78, 5) is -0.287. The lowest BCUT2D eigenvalue weighted by Crippen LogP contribution is -2.33. The van der Waals surface area contributed by atoms with E-state index in [1.165, 1.54) is 19.2 Å². The maximum atomic E-state index is 13.5. The lowest BCUT2D eigenvalue weighted by molar-refractivity contribution is 0.465. The average molecular weight is 352 g/mol. The summed E-state index contributed by atoms with van der Waals surface area (Å²) >= 11 is 11.2. The van der Waals surface area contributed by atoms with E-state index in [1.807, 2.05) is 0 Å². The van der Waals surface area contributed by atoms with Crippen LogP contribution < -0.4 is 5.32 Å². The van der Waals surface area contributed by atoms with Gasteiger partial charge in [0.05, 0.1) is 10.0 Å². The van der Waals surface area contributed by atoms with Gasteiger partial charge in [-0.15, -0.1) is 12.4 Å². The fourth-order valence-corrected chi connectivity index (χ4v) is 3.15. The van der Waals surface area contributed by atoms with Crippen molar-refractivity contribution in [2.45, 2.75) is 4.90 Å².